The SMILES string of the molecule is Cc1ccc(NS(=O)(=O)c2ccc(NC(=O)CN(c3ccc(C45CC6CC(CC(C6)C4)C5)cc3)S(C)(=O)=O)cc2)cc1C. The largest absolute Gasteiger partial charge is 0.325 e. The fraction of sp³-hybridized carbons (Fsp3) is 0.424. The van der Waals surface area contributed by atoms with Gasteiger partial charge >= 0.3 is 0 Å². The molecule has 3 aromatic rings. The first-order valence-corrected chi connectivity index (χ1v) is 18.2. The maximum absolute atomic E-state index is 13.0. The lowest BCUT2D eigenvalue weighted by atomic mass is 9.48. The van der Waals surface area contributed by atoms with Crippen molar-refractivity contribution in [3.63, 3.8) is 0 Å². The van der Waals surface area contributed by atoms with E-state index in [9.17, 15) is 21.6 Å². The molecule has 0 unspecified atom stereocenters. The number of amides is 1. The average Bonchev–Trinajstić information content (AvgIpc) is 2.93. The highest BCUT2D eigenvalue weighted by Gasteiger charge is 2.51. The summed E-state index contributed by atoms with van der Waals surface area (Å²) in [6, 6.07) is 18.9. The van der Waals surface area contributed by atoms with Crippen molar-refractivity contribution in [2.75, 3.05) is 27.1 Å². The molecule has 0 aliphatic heterocycles. The van der Waals surface area contributed by atoms with E-state index in [0.717, 1.165) is 39.4 Å². The first kappa shape index (κ1) is 29.7. The van der Waals surface area contributed by atoms with Crippen molar-refractivity contribution in [1.29, 1.82) is 0 Å². The lowest BCUT2D eigenvalue weighted by Gasteiger charge is -2.57. The van der Waals surface area contributed by atoms with E-state index in [1.54, 1.807) is 12.1 Å². The van der Waals surface area contributed by atoms with Crippen LogP contribution in [0.25, 0.3) is 0 Å². The quantitative estimate of drug-likeness (QED) is 0.306. The van der Waals surface area contributed by atoms with Crippen LogP contribution in [-0.4, -0.2) is 35.5 Å². The lowest BCUT2D eigenvalue weighted by molar-refractivity contribution is -0.114. The van der Waals surface area contributed by atoms with Gasteiger partial charge in [0, 0.05) is 11.4 Å². The summed E-state index contributed by atoms with van der Waals surface area (Å²) in [5, 5.41) is 2.70. The topological polar surface area (TPSA) is 113 Å². The summed E-state index contributed by atoms with van der Waals surface area (Å²) in [7, 11) is -7.57. The van der Waals surface area contributed by atoms with Gasteiger partial charge < -0.3 is 5.32 Å². The number of sulfonamides is 2. The Bertz CT molecular complexity index is 1720. The van der Waals surface area contributed by atoms with E-state index in [1.165, 1.54) is 68.4 Å². The number of hydrogen-bond acceptors (Lipinski definition) is 5. The molecule has 0 aromatic heterocycles. The molecule has 4 aliphatic rings. The van der Waals surface area contributed by atoms with Crippen molar-refractivity contribution in [2.45, 2.75) is 62.7 Å². The summed E-state index contributed by atoms with van der Waals surface area (Å²) in [4.78, 5) is 13.0. The third-order valence-corrected chi connectivity index (χ3v) is 12.2. The Hall–Kier alpha value is -3.37. The normalized spacial score (nSPS) is 24.5. The van der Waals surface area contributed by atoms with Gasteiger partial charge in [0.1, 0.15) is 6.54 Å². The molecule has 228 valence electrons. The van der Waals surface area contributed by atoms with E-state index >= 15 is 0 Å². The van der Waals surface area contributed by atoms with Crippen molar-refractivity contribution >= 4 is 43.0 Å². The van der Waals surface area contributed by atoms with Crippen molar-refractivity contribution < 1.29 is 21.6 Å². The fourth-order valence-electron chi connectivity index (χ4n) is 7.91. The number of hydrogen-bond donors (Lipinski definition) is 2. The van der Waals surface area contributed by atoms with Crippen LogP contribution in [0.5, 0.6) is 0 Å². The summed E-state index contributed by atoms with van der Waals surface area (Å²) in [5.74, 6) is 1.90. The van der Waals surface area contributed by atoms with Gasteiger partial charge in [0.2, 0.25) is 15.9 Å². The van der Waals surface area contributed by atoms with Gasteiger partial charge in [0.15, 0.2) is 0 Å². The number of carbonyl (C=O) groups excluding carboxylic acids is 1. The summed E-state index contributed by atoms with van der Waals surface area (Å²) in [6.45, 7) is 3.47. The van der Waals surface area contributed by atoms with E-state index < -0.39 is 32.5 Å². The van der Waals surface area contributed by atoms with Crippen LogP contribution in [0.3, 0.4) is 0 Å². The molecule has 7 rings (SSSR count). The second kappa shape index (κ2) is 11.0. The second-order valence-electron chi connectivity index (χ2n) is 13.0. The molecule has 0 saturated heterocycles. The predicted octanol–water partition coefficient (Wildman–Crippen LogP) is 5.98. The van der Waals surface area contributed by atoms with Crippen LogP contribution < -0.4 is 14.3 Å². The van der Waals surface area contributed by atoms with E-state index in [0.29, 0.717) is 17.1 Å². The Kier molecular flexibility index (Phi) is 7.57. The van der Waals surface area contributed by atoms with Gasteiger partial charge in [-0.1, -0.05) is 18.2 Å². The number of nitrogens with one attached hydrogen (secondary N) is 2. The summed E-state index contributed by atoms with van der Waals surface area (Å²) in [5.41, 5.74) is 4.80. The van der Waals surface area contributed by atoms with E-state index in [-0.39, 0.29) is 10.3 Å². The third-order valence-electron chi connectivity index (χ3n) is 9.70. The molecule has 8 nitrogen and oxygen atoms in total. The Morgan fingerprint density at radius 2 is 1.35 bits per heavy atom. The molecule has 2 N–H and O–H groups in total. The Morgan fingerprint density at radius 3 is 1.88 bits per heavy atom. The maximum Gasteiger partial charge on any atom is 0.261 e. The van der Waals surface area contributed by atoms with Crippen molar-refractivity contribution in [2.24, 2.45) is 17.8 Å². The van der Waals surface area contributed by atoms with Gasteiger partial charge in [-0.05, 0) is 141 Å². The minimum atomic E-state index is -3.83. The monoisotopic (exact) mass is 621 g/mol. The van der Waals surface area contributed by atoms with Crippen LogP contribution in [0.1, 0.15) is 55.2 Å². The summed E-state index contributed by atoms with van der Waals surface area (Å²) >= 11 is 0. The molecule has 4 saturated carbocycles. The van der Waals surface area contributed by atoms with Crippen LogP contribution in [0, 0.1) is 31.6 Å². The van der Waals surface area contributed by atoms with Gasteiger partial charge in [-0.25, -0.2) is 16.8 Å². The molecule has 4 bridgehead atoms. The van der Waals surface area contributed by atoms with Crippen LogP contribution in [0.2, 0.25) is 0 Å². The van der Waals surface area contributed by atoms with Gasteiger partial charge in [-0.2, -0.15) is 0 Å². The first-order chi connectivity index (χ1) is 20.3. The van der Waals surface area contributed by atoms with Crippen molar-refractivity contribution in [3.8, 4) is 0 Å². The molecule has 0 spiro atoms. The Morgan fingerprint density at radius 1 is 0.791 bits per heavy atom. The minimum Gasteiger partial charge on any atom is -0.325 e. The van der Waals surface area contributed by atoms with Crippen LogP contribution in [0.15, 0.2) is 71.6 Å². The molecule has 43 heavy (non-hydrogen) atoms. The van der Waals surface area contributed by atoms with E-state index in [4.69, 9.17) is 0 Å². The molecular formula is C33H39N3O5S2. The summed E-state index contributed by atoms with van der Waals surface area (Å²) < 4.78 is 54.9. The smallest absolute Gasteiger partial charge is 0.261 e. The predicted molar refractivity (Wildman–Crippen MR) is 170 cm³/mol. The molecule has 10 heteroatoms. The Balaban J connectivity index is 1.12. The number of rotatable bonds is 9. The van der Waals surface area contributed by atoms with Gasteiger partial charge in [0.25, 0.3) is 10.0 Å². The number of aryl methyl sites for hydroxylation is 2. The standard InChI is InChI=1S/C33H39N3O5S2/c1-22-4-7-29(14-23(22)2)35-43(40,41)31-12-8-28(9-13-31)34-32(37)21-36(42(3,38)39)30-10-5-27(6-11-30)33-18-24-15-25(19-33)17-26(16-24)20-33/h4-14,24-26,35H,15-21H2,1-3H3,(H,34,37). The third kappa shape index (κ3) is 6.17. The second-order valence-corrected chi connectivity index (χ2v) is 16.6. The lowest BCUT2D eigenvalue weighted by Crippen LogP contribution is -2.48. The molecule has 3 aromatic carbocycles. The van der Waals surface area contributed by atoms with Crippen molar-refractivity contribution in [1.82, 2.24) is 0 Å². The first-order valence-electron chi connectivity index (χ1n) is 14.9. The zero-order chi connectivity index (χ0) is 30.6. The Labute approximate surface area is 255 Å². The number of nitrogens with zero attached hydrogens (tertiary/aromatic N) is 1. The zero-order valence-corrected chi connectivity index (χ0v) is 26.5. The highest BCUT2D eigenvalue weighted by Crippen LogP contribution is 2.60. The number of carbonyl (C=O) groups is 1. The van der Waals surface area contributed by atoms with E-state index in [1.807, 2.05) is 32.0 Å². The molecule has 0 heterocycles. The fourth-order valence-corrected chi connectivity index (χ4v) is 9.82. The molecule has 0 atom stereocenters. The number of anilines is 3. The molecular weight excluding hydrogens is 583 g/mol. The van der Waals surface area contributed by atoms with Gasteiger partial charge in [0.05, 0.1) is 16.8 Å². The van der Waals surface area contributed by atoms with Crippen LogP contribution >= 0.6 is 0 Å². The van der Waals surface area contributed by atoms with Crippen LogP contribution in [-0.2, 0) is 30.3 Å². The highest BCUT2D eigenvalue weighted by molar-refractivity contribution is 7.92. The summed E-state index contributed by atoms with van der Waals surface area (Å²) in [6.07, 6.45) is 8.83. The van der Waals surface area contributed by atoms with E-state index in [2.05, 4.69) is 22.2 Å². The maximum atomic E-state index is 13.0. The van der Waals surface area contributed by atoms with Crippen LogP contribution in [0.4, 0.5) is 17.1 Å². The highest BCUT2D eigenvalue weighted by atomic mass is 32.2. The zero-order valence-electron chi connectivity index (χ0n) is 24.8. The minimum absolute atomic E-state index is 0.0422. The van der Waals surface area contributed by atoms with Gasteiger partial charge in [-0.15, -0.1) is 0 Å². The molecule has 0 radical (unpaired) electrons. The molecule has 4 aliphatic carbocycles. The van der Waals surface area contributed by atoms with Gasteiger partial charge in [-0.3, -0.25) is 13.8 Å². The molecule has 4 fully saturated rings. The molecule has 1 amide bonds. The average molecular weight is 622 g/mol. The number of benzene rings is 3. The van der Waals surface area contributed by atoms with Crippen molar-refractivity contribution in [3.05, 3.63) is 83.4 Å².